The summed E-state index contributed by atoms with van der Waals surface area (Å²) in [6.45, 7) is 1.77. The van der Waals surface area contributed by atoms with Crippen LogP contribution in [0.25, 0.3) is 0 Å². The minimum absolute atomic E-state index is 0.138. The Labute approximate surface area is 129 Å². The van der Waals surface area contributed by atoms with E-state index in [2.05, 4.69) is 30.8 Å². The maximum atomic E-state index is 12.3. The maximum absolute atomic E-state index is 12.3. The summed E-state index contributed by atoms with van der Waals surface area (Å²) in [4.78, 5) is 11.7. The molecule has 1 aromatic heterocycles. The van der Waals surface area contributed by atoms with Crippen LogP contribution in [0.4, 0.5) is 5.69 Å². The molecule has 1 aromatic carbocycles. The van der Waals surface area contributed by atoms with Crippen LogP contribution in [0.5, 0.6) is 0 Å². The molecular formula is C12H12BrN3O4S. The summed E-state index contributed by atoms with van der Waals surface area (Å²) < 4.78 is 32.5. The molecule has 0 atom stereocenters. The summed E-state index contributed by atoms with van der Waals surface area (Å²) >= 11 is 3.26. The van der Waals surface area contributed by atoms with Gasteiger partial charge in [0.2, 0.25) is 0 Å². The third kappa shape index (κ3) is 3.61. The number of halogens is 1. The number of nitrogens with one attached hydrogen (secondary N) is 2. The molecule has 0 saturated carbocycles. The molecule has 0 spiro atoms. The average Bonchev–Trinajstić information content (AvgIpc) is 2.92. The van der Waals surface area contributed by atoms with Crippen LogP contribution in [0.2, 0.25) is 0 Å². The first-order chi connectivity index (χ1) is 9.94. The van der Waals surface area contributed by atoms with Crippen LogP contribution in [-0.2, 0) is 14.8 Å². The molecule has 21 heavy (non-hydrogen) atoms. The van der Waals surface area contributed by atoms with E-state index in [-0.39, 0.29) is 17.2 Å². The second kappa shape index (κ2) is 6.27. The van der Waals surface area contributed by atoms with E-state index in [0.717, 1.165) is 10.7 Å². The number of H-pyrrole nitrogens is 1. The van der Waals surface area contributed by atoms with E-state index in [1.54, 1.807) is 31.2 Å². The van der Waals surface area contributed by atoms with Gasteiger partial charge >= 0.3 is 5.97 Å². The topological polar surface area (TPSA) is 101 Å². The van der Waals surface area contributed by atoms with Crippen molar-refractivity contribution >= 4 is 37.6 Å². The summed E-state index contributed by atoms with van der Waals surface area (Å²) in [5.74, 6) is -0.748. The lowest BCUT2D eigenvalue weighted by Crippen LogP contribution is -2.17. The van der Waals surface area contributed by atoms with Gasteiger partial charge in [-0.25, -0.2) is 4.79 Å². The van der Waals surface area contributed by atoms with Crippen molar-refractivity contribution in [1.82, 2.24) is 10.2 Å². The van der Waals surface area contributed by atoms with Crippen molar-refractivity contribution in [2.75, 3.05) is 11.3 Å². The summed E-state index contributed by atoms with van der Waals surface area (Å²) in [5, 5.41) is 5.57. The highest BCUT2D eigenvalue weighted by Crippen LogP contribution is 2.20. The quantitative estimate of drug-likeness (QED) is 0.781. The second-order valence-corrected chi connectivity index (χ2v) is 6.48. The van der Waals surface area contributed by atoms with Gasteiger partial charge in [0.15, 0.2) is 5.03 Å². The number of ether oxygens (including phenoxy) is 1. The molecule has 2 rings (SSSR count). The van der Waals surface area contributed by atoms with Gasteiger partial charge in [0.05, 0.1) is 12.8 Å². The Morgan fingerprint density at radius 2 is 2.05 bits per heavy atom. The molecule has 0 aliphatic heterocycles. The predicted octanol–water partition coefficient (Wildman–Crippen LogP) is 2.15. The first-order valence-electron chi connectivity index (χ1n) is 5.93. The highest BCUT2D eigenvalue weighted by atomic mass is 79.9. The van der Waals surface area contributed by atoms with Crippen LogP contribution < -0.4 is 4.72 Å². The monoisotopic (exact) mass is 373 g/mol. The summed E-state index contributed by atoms with van der Waals surface area (Å²) in [6, 6.07) is 6.55. The Hall–Kier alpha value is -1.87. The molecule has 7 nitrogen and oxygen atoms in total. The van der Waals surface area contributed by atoms with Crippen LogP contribution in [0, 0.1) is 0 Å². The number of aromatic nitrogens is 2. The van der Waals surface area contributed by atoms with E-state index in [1.165, 1.54) is 0 Å². The number of sulfonamides is 1. The molecule has 2 aromatic rings. The number of carbonyl (C=O) groups is 1. The number of esters is 1. The largest absolute Gasteiger partial charge is 0.462 e. The Morgan fingerprint density at radius 3 is 2.67 bits per heavy atom. The van der Waals surface area contributed by atoms with Crippen molar-refractivity contribution in [2.24, 2.45) is 0 Å². The van der Waals surface area contributed by atoms with Gasteiger partial charge in [-0.1, -0.05) is 15.9 Å². The number of rotatable bonds is 5. The third-order valence-electron chi connectivity index (χ3n) is 2.46. The number of carbonyl (C=O) groups excluding carboxylic acids is 1. The zero-order valence-corrected chi connectivity index (χ0v) is 13.4. The van der Waals surface area contributed by atoms with Gasteiger partial charge in [-0.05, 0) is 31.2 Å². The van der Waals surface area contributed by atoms with Gasteiger partial charge in [-0.15, -0.1) is 0 Å². The zero-order chi connectivity index (χ0) is 15.5. The smallest absolute Gasteiger partial charge is 0.342 e. The third-order valence-corrected chi connectivity index (χ3v) is 4.35. The van der Waals surface area contributed by atoms with Gasteiger partial charge in [-0.2, -0.15) is 13.5 Å². The molecular weight excluding hydrogens is 362 g/mol. The molecule has 0 aliphatic carbocycles. The molecule has 0 aliphatic rings. The molecule has 0 fully saturated rings. The molecule has 2 N–H and O–H groups in total. The van der Waals surface area contributed by atoms with Gasteiger partial charge < -0.3 is 4.74 Å². The normalized spacial score (nSPS) is 11.1. The Bertz CT molecular complexity index is 740. The summed E-state index contributed by atoms with van der Waals surface area (Å²) in [7, 11) is -3.96. The number of hydrogen-bond donors (Lipinski definition) is 2. The van der Waals surface area contributed by atoms with E-state index < -0.39 is 16.0 Å². The minimum atomic E-state index is -3.96. The SMILES string of the molecule is CCOC(=O)c1cn[nH]c1S(=O)(=O)Nc1ccc(Br)cc1. The van der Waals surface area contributed by atoms with Crippen molar-refractivity contribution in [3.63, 3.8) is 0 Å². The van der Waals surface area contributed by atoms with E-state index in [1.807, 2.05) is 0 Å². The Kier molecular flexibility index (Phi) is 4.63. The predicted molar refractivity (Wildman–Crippen MR) is 79.5 cm³/mol. The van der Waals surface area contributed by atoms with Crippen LogP contribution in [-0.4, -0.2) is 31.2 Å². The molecule has 0 unspecified atom stereocenters. The molecule has 1 heterocycles. The highest BCUT2D eigenvalue weighted by Gasteiger charge is 2.25. The molecule has 0 radical (unpaired) electrons. The number of anilines is 1. The van der Waals surface area contributed by atoms with E-state index >= 15 is 0 Å². The van der Waals surface area contributed by atoms with Gasteiger partial charge in [0.25, 0.3) is 10.0 Å². The fourth-order valence-corrected chi connectivity index (χ4v) is 2.97. The summed E-state index contributed by atoms with van der Waals surface area (Å²) in [6.07, 6.45) is 1.12. The van der Waals surface area contributed by atoms with Crippen LogP contribution in [0.15, 0.2) is 40.0 Å². The van der Waals surface area contributed by atoms with Crippen molar-refractivity contribution < 1.29 is 17.9 Å². The molecule has 0 bridgehead atoms. The molecule has 9 heteroatoms. The first-order valence-corrected chi connectivity index (χ1v) is 8.20. The standard InChI is InChI=1S/C12H12BrN3O4S/c1-2-20-12(17)10-7-14-15-11(10)21(18,19)16-9-5-3-8(13)4-6-9/h3-7,16H,2H2,1H3,(H,14,15). The number of benzene rings is 1. The first kappa shape index (κ1) is 15.5. The van der Waals surface area contributed by atoms with E-state index in [9.17, 15) is 13.2 Å². The summed E-state index contributed by atoms with van der Waals surface area (Å²) in [5.41, 5.74) is 0.226. The lowest BCUT2D eigenvalue weighted by molar-refractivity contribution is 0.0522. The average molecular weight is 374 g/mol. The van der Waals surface area contributed by atoms with E-state index in [4.69, 9.17) is 4.74 Å². The van der Waals surface area contributed by atoms with Crippen LogP contribution >= 0.6 is 15.9 Å². The maximum Gasteiger partial charge on any atom is 0.342 e. The number of nitrogens with zero attached hydrogens (tertiary/aromatic N) is 1. The molecule has 112 valence electrons. The Balaban J connectivity index is 2.30. The molecule has 0 saturated heterocycles. The van der Waals surface area contributed by atoms with Crippen LogP contribution in [0.3, 0.4) is 0 Å². The van der Waals surface area contributed by atoms with Gasteiger partial charge in [-0.3, -0.25) is 9.82 Å². The van der Waals surface area contributed by atoms with Gasteiger partial charge in [0.1, 0.15) is 5.56 Å². The lowest BCUT2D eigenvalue weighted by atomic mass is 10.3. The highest BCUT2D eigenvalue weighted by molar-refractivity contribution is 9.10. The van der Waals surface area contributed by atoms with Crippen molar-refractivity contribution in [3.05, 3.63) is 40.5 Å². The number of hydrogen-bond acceptors (Lipinski definition) is 5. The van der Waals surface area contributed by atoms with E-state index in [0.29, 0.717) is 5.69 Å². The molecule has 0 amide bonds. The van der Waals surface area contributed by atoms with Crippen molar-refractivity contribution in [1.29, 1.82) is 0 Å². The van der Waals surface area contributed by atoms with Gasteiger partial charge in [0, 0.05) is 10.2 Å². The number of aromatic amines is 1. The lowest BCUT2D eigenvalue weighted by Gasteiger charge is -2.08. The zero-order valence-electron chi connectivity index (χ0n) is 11.0. The fraction of sp³-hybridized carbons (Fsp3) is 0.167. The van der Waals surface area contributed by atoms with Crippen molar-refractivity contribution in [3.8, 4) is 0 Å². The van der Waals surface area contributed by atoms with Crippen molar-refractivity contribution in [2.45, 2.75) is 11.9 Å². The minimum Gasteiger partial charge on any atom is -0.462 e. The Morgan fingerprint density at radius 1 is 1.38 bits per heavy atom. The van der Waals surface area contributed by atoms with Crippen LogP contribution in [0.1, 0.15) is 17.3 Å². The fourth-order valence-electron chi connectivity index (χ4n) is 1.56. The second-order valence-electron chi connectivity index (χ2n) is 3.95.